The Morgan fingerprint density at radius 3 is 0.875 bits per heavy atom. The lowest BCUT2D eigenvalue weighted by Crippen LogP contribution is -2.01. The Labute approximate surface area is 366 Å². The van der Waals surface area contributed by atoms with Crippen molar-refractivity contribution in [2.24, 2.45) is 0 Å². The average molecular weight is 817 g/mol. The second-order valence-electron chi connectivity index (χ2n) is 16.6. The fourth-order valence-corrected chi connectivity index (χ4v) is 10.6. The topological polar surface area (TPSA) is 45.5 Å². The van der Waals surface area contributed by atoms with Crippen LogP contribution in [-0.4, -0.2) is 28.2 Å². The summed E-state index contributed by atoms with van der Waals surface area (Å²) in [5.74, 6) is 1.69. The standard InChI is InChI=1S/C58H36N6/c1-3-17-37(18-4-1)61-45-27-11-7-21-39(45)55-49(61)33-35-51-57(55)41-23-9-13-29-47(41)63(51)53-31-15-25-43(59-53)44-26-16-32-54(60-44)64-48-30-14-10-24-42(48)58-52(64)36-34-50-56(58)40-22-8-12-28-46(40)62(50)38-19-5-2-6-20-38/h1-36H. The fraction of sp³-hybridized carbons (Fsp3) is 0. The van der Waals surface area contributed by atoms with Crippen molar-refractivity contribution in [2.45, 2.75) is 0 Å². The minimum atomic E-state index is 0.807. The van der Waals surface area contributed by atoms with Gasteiger partial charge in [0.2, 0.25) is 0 Å². The maximum absolute atomic E-state index is 5.42. The second kappa shape index (κ2) is 13.4. The molecule has 0 fully saturated rings. The minimum absolute atomic E-state index is 0.807. The summed E-state index contributed by atoms with van der Waals surface area (Å²) in [6.45, 7) is 0. The Bertz CT molecular complexity index is 3910. The predicted octanol–water partition coefficient (Wildman–Crippen LogP) is 14.5. The number of aromatic nitrogens is 6. The van der Waals surface area contributed by atoms with Crippen LogP contribution >= 0.6 is 0 Å². The molecule has 8 aromatic carbocycles. The van der Waals surface area contributed by atoms with Gasteiger partial charge < -0.3 is 9.13 Å². The zero-order valence-corrected chi connectivity index (χ0v) is 34.5. The number of hydrogen-bond acceptors (Lipinski definition) is 2. The molecule has 14 aromatic rings. The molecule has 6 heterocycles. The molecule has 0 atom stereocenters. The van der Waals surface area contributed by atoms with Crippen LogP contribution in [0.3, 0.4) is 0 Å². The van der Waals surface area contributed by atoms with Crippen molar-refractivity contribution in [1.29, 1.82) is 0 Å². The van der Waals surface area contributed by atoms with Gasteiger partial charge in [-0.05, 0) is 97.1 Å². The van der Waals surface area contributed by atoms with Gasteiger partial charge >= 0.3 is 0 Å². The zero-order chi connectivity index (χ0) is 41.9. The number of nitrogens with zero attached hydrogens (tertiary/aromatic N) is 6. The van der Waals surface area contributed by atoms with Crippen molar-refractivity contribution in [3.05, 3.63) is 218 Å². The van der Waals surface area contributed by atoms with Crippen LogP contribution < -0.4 is 0 Å². The molecule has 0 radical (unpaired) electrons. The maximum Gasteiger partial charge on any atom is 0.138 e. The van der Waals surface area contributed by atoms with Gasteiger partial charge in [-0.1, -0.05) is 121 Å². The molecule has 0 aliphatic heterocycles. The summed E-state index contributed by atoms with van der Waals surface area (Å²) in [6.07, 6.45) is 0. The molecule has 64 heavy (non-hydrogen) atoms. The largest absolute Gasteiger partial charge is 0.309 e. The van der Waals surface area contributed by atoms with Gasteiger partial charge in [0.1, 0.15) is 11.6 Å². The molecule has 6 heteroatoms. The fourth-order valence-electron chi connectivity index (χ4n) is 10.6. The number of rotatable bonds is 5. The maximum atomic E-state index is 5.42. The highest BCUT2D eigenvalue weighted by Gasteiger charge is 2.23. The summed E-state index contributed by atoms with van der Waals surface area (Å²) < 4.78 is 9.40. The van der Waals surface area contributed by atoms with Crippen molar-refractivity contribution >= 4 is 87.2 Å². The summed E-state index contributed by atoms with van der Waals surface area (Å²) in [5, 5.41) is 9.77. The van der Waals surface area contributed by atoms with Gasteiger partial charge in [-0.3, -0.25) is 9.13 Å². The first kappa shape index (κ1) is 34.9. The van der Waals surface area contributed by atoms with E-state index in [-0.39, 0.29) is 0 Å². The highest BCUT2D eigenvalue weighted by Crippen LogP contribution is 2.44. The average Bonchev–Trinajstić information content (AvgIpc) is 4.09. The van der Waals surface area contributed by atoms with E-state index in [1.165, 1.54) is 65.2 Å². The van der Waals surface area contributed by atoms with E-state index in [0.29, 0.717) is 0 Å². The van der Waals surface area contributed by atoms with E-state index in [1.807, 2.05) is 0 Å². The predicted molar refractivity (Wildman–Crippen MR) is 265 cm³/mol. The van der Waals surface area contributed by atoms with E-state index in [0.717, 1.165) is 56.5 Å². The number of pyridine rings is 2. The van der Waals surface area contributed by atoms with Gasteiger partial charge in [0.25, 0.3) is 0 Å². The SMILES string of the molecule is c1ccc(-n2c3ccccc3c3c4c5ccccc5n(-c5cccc(-c6cccc(-n7c8ccccc8c8c9c%10ccccc%10n(-c%10ccccc%10)c9ccc87)n6)n5)c4ccc32)cc1. The van der Waals surface area contributed by atoms with Crippen molar-refractivity contribution in [2.75, 3.05) is 0 Å². The van der Waals surface area contributed by atoms with Crippen molar-refractivity contribution in [3.63, 3.8) is 0 Å². The molecule has 0 bridgehead atoms. The lowest BCUT2D eigenvalue weighted by atomic mass is 10.1. The molecular formula is C58H36N6. The molecule has 0 aliphatic carbocycles. The second-order valence-corrected chi connectivity index (χ2v) is 16.6. The Balaban J connectivity index is 0.958. The third-order valence-electron chi connectivity index (χ3n) is 13.2. The molecular weight excluding hydrogens is 781 g/mol. The van der Waals surface area contributed by atoms with Crippen LogP contribution in [0.1, 0.15) is 0 Å². The van der Waals surface area contributed by atoms with Gasteiger partial charge in [-0.25, -0.2) is 9.97 Å². The Morgan fingerprint density at radius 2 is 0.516 bits per heavy atom. The number of benzene rings is 8. The Morgan fingerprint density at radius 1 is 0.219 bits per heavy atom. The van der Waals surface area contributed by atoms with Crippen LogP contribution in [0.5, 0.6) is 0 Å². The van der Waals surface area contributed by atoms with E-state index in [9.17, 15) is 0 Å². The minimum Gasteiger partial charge on any atom is -0.309 e. The zero-order valence-electron chi connectivity index (χ0n) is 34.5. The molecule has 6 aromatic heterocycles. The summed E-state index contributed by atoms with van der Waals surface area (Å²) >= 11 is 0. The van der Waals surface area contributed by atoms with Gasteiger partial charge in [0.05, 0.1) is 55.5 Å². The van der Waals surface area contributed by atoms with Gasteiger partial charge in [0.15, 0.2) is 0 Å². The Hall–Kier alpha value is -8.74. The van der Waals surface area contributed by atoms with E-state index in [1.54, 1.807) is 0 Å². The molecule has 298 valence electrons. The summed E-state index contributed by atoms with van der Waals surface area (Å²) in [7, 11) is 0. The molecule has 0 amide bonds. The van der Waals surface area contributed by atoms with Crippen LogP contribution in [0, 0.1) is 0 Å². The first-order valence-corrected chi connectivity index (χ1v) is 21.8. The summed E-state index contributed by atoms with van der Waals surface area (Å²) in [5.41, 5.74) is 13.1. The molecule has 0 N–H and O–H groups in total. The molecule has 0 spiro atoms. The van der Waals surface area contributed by atoms with Crippen molar-refractivity contribution in [3.8, 4) is 34.4 Å². The first-order chi connectivity index (χ1) is 31.8. The van der Waals surface area contributed by atoms with Crippen LogP contribution in [-0.2, 0) is 0 Å². The highest BCUT2D eigenvalue weighted by atomic mass is 15.1. The quantitative estimate of drug-likeness (QED) is 0.174. The molecule has 6 nitrogen and oxygen atoms in total. The molecule has 0 aliphatic rings. The van der Waals surface area contributed by atoms with Gasteiger partial charge in [-0.2, -0.15) is 0 Å². The summed E-state index contributed by atoms with van der Waals surface area (Å²) in [6, 6.07) is 77.9. The van der Waals surface area contributed by atoms with Gasteiger partial charge in [-0.15, -0.1) is 0 Å². The van der Waals surface area contributed by atoms with E-state index >= 15 is 0 Å². The van der Waals surface area contributed by atoms with Gasteiger partial charge in [0, 0.05) is 54.5 Å². The highest BCUT2D eigenvalue weighted by molar-refractivity contribution is 6.30. The lowest BCUT2D eigenvalue weighted by molar-refractivity contribution is 1.06. The molecule has 0 saturated heterocycles. The summed E-state index contributed by atoms with van der Waals surface area (Å²) in [4.78, 5) is 10.8. The van der Waals surface area contributed by atoms with Crippen LogP contribution in [0.4, 0.5) is 0 Å². The molecule has 14 rings (SSSR count). The Kier molecular flexibility index (Phi) is 7.30. The number of para-hydroxylation sites is 6. The van der Waals surface area contributed by atoms with E-state index in [2.05, 4.69) is 237 Å². The van der Waals surface area contributed by atoms with Crippen LogP contribution in [0.15, 0.2) is 218 Å². The molecule has 0 unspecified atom stereocenters. The number of fused-ring (bicyclic) bond motifs is 14. The lowest BCUT2D eigenvalue weighted by Gasteiger charge is -2.11. The third kappa shape index (κ3) is 4.85. The smallest absolute Gasteiger partial charge is 0.138 e. The van der Waals surface area contributed by atoms with E-state index in [4.69, 9.17) is 9.97 Å². The first-order valence-electron chi connectivity index (χ1n) is 21.8. The van der Waals surface area contributed by atoms with Crippen molar-refractivity contribution < 1.29 is 0 Å². The third-order valence-corrected chi connectivity index (χ3v) is 13.2. The normalized spacial score (nSPS) is 12.1. The van der Waals surface area contributed by atoms with Crippen LogP contribution in [0.2, 0.25) is 0 Å². The monoisotopic (exact) mass is 816 g/mol. The molecule has 0 saturated carbocycles. The van der Waals surface area contributed by atoms with Crippen molar-refractivity contribution in [1.82, 2.24) is 28.2 Å². The van der Waals surface area contributed by atoms with Crippen LogP contribution in [0.25, 0.3) is 122 Å². The number of hydrogen-bond donors (Lipinski definition) is 0. The van der Waals surface area contributed by atoms with E-state index < -0.39 is 0 Å².